The van der Waals surface area contributed by atoms with Gasteiger partial charge in [0, 0.05) is 18.6 Å². The topological polar surface area (TPSA) is 17.1 Å². The number of hydrogen-bond donors (Lipinski definition) is 0. The van der Waals surface area contributed by atoms with E-state index in [2.05, 4.69) is 0 Å². The second kappa shape index (κ2) is 22.6. The van der Waals surface area contributed by atoms with Crippen LogP contribution in [0.4, 0.5) is 0 Å². The fraction of sp³-hybridized carbons (Fsp3) is 0. The van der Waals surface area contributed by atoms with Crippen LogP contribution in [0.25, 0.3) is 0 Å². The van der Waals surface area contributed by atoms with Gasteiger partial charge in [0.1, 0.15) is 0 Å². The zero-order valence-corrected chi connectivity index (χ0v) is 4.67. The first-order valence-corrected chi connectivity index (χ1v) is 0.986. The van der Waals surface area contributed by atoms with Gasteiger partial charge < -0.3 is 0 Å². The smallest absolute Gasteiger partial charge is 0 e. The minimum absolute atomic E-state index is 0. The Morgan fingerprint density at radius 3 is 1.25 bits per heavy atom. The van der Waals surface area contributed by atoms with Crippen molar-refractivity contribution < 1.29 is 41.7 Å². The zero-order chi connectivity index (χ0) is 2.00. The monoisotopic (exact) mass is 173 g/mol. The fourth-order valence-corrected chi connectivity index (χ4v) is 0. The Hall–Kier alpha value is 1.67. The maximum atomic E-state index is 8.26. The summed E-state index contributed by atoms with van der Waals surface area (Å²) >= 11 is 0.700. The molecule has 4 heavy (non-hydrogen) atoms. The molecule has 0 aliphatic heterocycles. The van der Waals surface area contributed by atoms with E-state index >= 15 is 0 Å². The molecule has 1 radical (unpaired) electrons. The summed E-state index contributed by atoms with van der Waals surface area (Å²) in [4.78, 5) is 0. The van der Waals surface area contributed by atoms with E-state index in [4.69, 9.17) is 3.40 Å². The van der Waals surface area contributed by atoms with E-state index in [-0.39, 0.29) is 37.4 Å². The minimum Gasteiger partial charge on any atom is 0 e. The summed E-state index contributed by atoms with van der Waals surface area (Å²) in [5, 5.41) is 0. The SMILES string of the molecule is [LiH].[O]=[Mo].[V]. The van der Waals surface area contributed by atoms with Crippen LogP contribution in [0.3, 0.4) is 0 Å². The third-order valence-electron chi connectivity index (χ3n) is 0. The Bertz CT molecular complexity index is 8.00. The molecule has 0 saturated carbocycles. The Morgan fingerprint density at radius 1 is 1.25 bits per heavy atom. The maximum Gasteiger partial charge on any atom is 0 e. The van der Waals surface area contributed by atoms with E-state index in [1.165, 1.54) is 0 Å². The number of rotatable bonds is 0. The summed E-state index contributed by atoms with van der Waals surface area (Å²) in [6.45, 7) is 0. The molecule has 19 valence electrons. The van der Waals surface area contributed by atoms with E-state index in [0.717, 1.165) is 0 Å². The summed E-state index contributed by atoms with van der Waals surface area (Å²) in [6.07, 6.45) is 0. The average Bonchev–Trinajstić information content (AvgIpc) is 1.00. The molecule has 0 bridgehead atoms. The maximum absolute atomic E-state index is 8.26. The molecule has 0 N–H and O–H groups in total. The fourth-order valence-electron chi connectivity index (χ4n) is 0. The van der Waals surface area contributed by atoms with Crippen molar-refractivity contribution in [3.8, 4) is 0 Å². The van der Waals surface area contributed by atoms with Gasteiger partial charge >= 0.3 is 42.0 Å². The van der Waals surface area contributed by atoms with E-state index in [9.17, 15) is 0 Å². The van der Waals surface area contributed by atoms with Crippen LogP contribution < -0.4 is 0 Å². The summed E-state index contributed by atoms with van der Waals surface area (Å²) in [5.41, 5.74) is 0. The molecule has 0 rings (SSSR count). The summed E-state index contributed by atoms with van der Waals surface area (Å²) in [6, 6.07) is 0. The molecule has 0 aliphatic carbocycles. The van der Waals surface area contributed by atoms with Gasteiger partial charge in [-0.25, -0.2) is 0 Å². The molecule has 0 heterocycles. The van der Waals surface area contributed by atoms with Crippen LogP contribution in [0.2, 0.25) is 0 Å². The molecule has 0 saturated heterocycles. The molecule has 0 atom stereocenters. The second-order valence-electron chi connectivity index (χ2n) is 0. The van der Waals surface area contributed by atoms with Crippen molar-refractivity contribution in [2.45, 2.75) is 0 Å². The van der Waals surface area contributed by atoms with Crippen LogP contribution in [0, 0.1) is 0 Å². The first kappa shape index (κ1) is 17.3. The van der Waals surface area contributed by atoms with Gasteiger partial charge in [0.25, 0.3) is 0 Å². The van der Waals surface area contributed by atoms with Crippen LogP contribution in [0.15, 0.2) is 0 Å². The minimum atomic E-state index is 0. The standard InChI is InChI=1S/Li.Mo.O.V.H. The van der Waals surface area contributed by atoms with E-state index in [1.54, 1.807) is 0 Å². The quantitative estimate of drug-likeness (QED) is 0.437. The van der Waals surface area contributed by atoms with Crippen molar-refractivity contribution in [2.24, 2.45) is 0 Å². The van der Waals surface area contributed by atoms with Crippen LogP contribution in [0.5, 0.6) is 0 Å². The largest absolute Gasteiger partial charge is 0 e. The van der Waals surface area contributed by atoms with Crippen LogP contribution in [-0.2, 0) is 41.7 Å². The van der Waals surface area contributed by atoms with E-state index < -0.39 is 0 Å². The Balaban J connectivity index is -0.00000000500. The van der Waals surface area contributed by atoms with Crippen LogP contribution in [0.1, 0.15) is 0 Å². The molecular weight excluding hydrogens is 170 g/mol. The Kier molecular flexibility index (Phi) is 97.8. The van der Waals surface area contributed by atoms with Gasteiger partial charge in [-0.1, -0.05) is 0 Å². The summed E-state index contributed by atoms with van der Waals surface area (Å²) in [5.74, 6) is 0. The van der Waals surface area contributed by atoms with Crippen molar-refractivity contribution in [3.63, 3.8) is 0 Å². The molecule has 4 heteroatoms. The molecular formula is HLiMoOV. The molecule has 0 aromatic heterocycles. The molecule has 1 nitrogen and oxygen atoms in total. The predicted molar refractivity (Wildman–Crippen MR) is 7.84 cm³/mol. The molecule has 0 fully saturated rings. The first-order valence-electron chi connectivity index (χ1n) is 0.167. The average molecular weight is 171 g/mol. The third kappa shape index (κ3) is 9.38. The van der Waals surface area contributed by atoms with Crippen LogP contribution >= 0.6 is 0 Å². The molecule has 0 aromatic rings. The normalized spacial score (nSPS) is 1.00. The van der Waals surface area contributed by atoms with Crippen LogP contribution in [-0.4, -0.2) is 18.9 Å². The van der Waals surface area contributed by atoms with Gasteiger partial charge in [-0.3, -0.25) is 0 Å². The third-order valence-corrected chi connectivity index (χ3v) is 0. The van der Waals surface area contributed by atoms with Gasteiger partial charge in [-0.2, -0.15) is 0 Å². The molecule has 0 spiro atoms. The zero-order valence-electron chi connectivity index (χ0n) is 1.26. The van der Waals surface area contributed by atoms with Crippen molar-refractivity contribution in [1.29, 1.82) is 0 Å². The molecule has 0 aromatic carbocycles. The summed E-state index contributed by atoms with van der Waals surface area (Å²) in [7, 11) is 0. The first-order chi connectivity index (χ1) is 1.00. The Morgan fingerprint density at radius 2 is 1.25 bits per heavy atom. The number of hydrogen-bond acceptors (Lipinski definition) is 1. The van der Waals surface area contributed by atoms with Gasteiger partial charge in [0.2, 0.25) is 0 Å². The van der Waals surface area contributed by atoms with Gasteiger partial charge in [-0.05, 0) is 0 Å². The van der Waals surface area contributed by atoms with E-state index in [1.807, 2.05) is 0 Å². The van der Waals surface area contributed by atoms with Crippen molar-refractivity contribution >= 4 is 18.9 Å². The van der Waals surface area contributed by atoms with Gasteiger partial charge in [0.05, 0.1) is 0 Å². The molecule has 0 unspecified atom stereocenters. The molecule has 0 amide bonds. The Labute approximate surface area is 60.2 Å². The van der Waals surface area contributed by atoms with Crippen molar-refractivity contribution in [2.75, 3.05) is 0 Å². The summed E-state index contributed by atoms with van der Waals surface area (Å²) < 4.78 is 8.26. The van der Waals surface area contributed by atoms with Gasteiger partial charge in [-0.15, -0.1) is 0 Å². The van der Waals surface area contributed by atoms with Gasteiger partial charge in [0.15, 0.2) is 0 Å². The predicted octanol–water partition coefficient (Wildman–Crippen LogP) is -0.772. The van der Waals surface area contributed by atoms with Crippen molar-refractivity contribution in [3.05, 3.63) is 0 Å². The van der Waals surface area contributed by atoms with Crippen molar-refractivity contribution in [1.82, 2.24) is 0 Å². The van der Waals surface area contributed by atoms with E-state index in [0.29, 0.717) is 19.8 Å². The second-order valence-corrected chi connectivity index (χ2v) is 0. The molecule has 0 aliphatic rings.